The molecule has 2 aliphatic rings. The minimum atomic E-state index is -0.775. The predicted molar refractivity (Wildman–Crippen MR) is 78.8 cm³/mol. The van der Waals surface area contributed by atoms with Gasteiger partial charge in [-0.25, -0.2) is 0 Å². The van der Waals surface area contributed by atoms with Gasteiger partial charge in [0.25, 0.3) is 0 Å². The summed E-state index contributed by atoms with van der Waals surface area (Å²) in [6.45, 7) is 7.96. The summed E-state index contributed by atoms with van der Waals surface area (Å²) in [6.07, 6.45) is 6.19. The average Bonchev–Trinajstić information content (AvgIpc) is 2.88. The van der Waals surface area contributed by atoms with E-state index in [0.29, 0.717) is 6.54 Å². The van der Waals surface area contributed by atoms with Gasteiger partial charge in [-0.3, -0.25) is 10.1 Å². The number of ether oxygens (including phenoxy) is 1. The van der Waals surface area contributed by atoms with E-state index in [1.807, 2.05) is 0 Å². The molecule has 2 fully saturated rings. The van der Waals surface area contributed by atoms with Gasteiger partial charge < -0.3 is 9.84 Å². The minimum Gasteiger partial charge on any atom is -0.480 e. The number of aliphatic carboxylic acids is 1. The smallest absolute Gasteiger partial charge is 0.324 e. The first-order valence-electron chi connectivity index (χ1n) is 7.96. The third-order valence-corrected chi connectivity index (χ3v) is 5.00. The Kier molecular flexibility index (Phi) is 4.75. The first-order valence-corrected chi connectivity index (χ1v) is 7.96. The molecule has 0 aromatic carbocycles. The van der Waals surface area contributed by atoms with Crippen LogP contribution in [-0.2, 0) is 9.53 Å². The normalized spacial score (nSPS) is 35.1. The highest BCUT2D eigenvalue weighted by molar-refractivity contribution is 5.79. The van der Waals surface area contributed by atoms with Crippen LogP contribution < -0.4 is 5.32 Å². The number of hydrogen-bond acceptors (Lipinski definition) is 3. The largest absolute Gasteiger partial charge is 0.480 e. The zero-order valence-electron chi connectivity index (χ0n) is 13.1. The molecule has 0 amide bonds. The molecule has 0 aromatic heterocycles. The molecule has 3 atom stereocenters. The molecule has 0 spiro atoms. The second-order valence-corrected chi connectivity index (χ2v) is 7.46. The predicted octanol–water partition coefficient (Wildman–Crippen LogP) is 2.81. The van der Waals surface area contributed by atoms with Crippen molar-refractivity contribution in [3.63, 3.8) is 0 Å². The SMILES string of the molecule is CC(C)(C)C1CCCCC1(NCC1CCCO1)C(=O)O. The van der Waals surface area contributed by atoms with E-state index in [1.165, 1.54) is 0 Å². The van der Waals surface area contributed by atoms with E-state index in [9.17, 15) is 9.90 Å². The Balaban J connectivity index is 2.14. The lowest BCUT2D eigenvalue weighted by Crippen LogP contribution is -2.63. The Morgan fingerprint density at radius 2 is 2.05 bits per heavy atom. The van der Waals surface area contributed by atoms with Crippen molar-refractivity contribution in [3.05, 3.63) is 0 Å². The molecule has 116 valence electrons. The molecule has 0 bridgehead atoms. The van der Waals surface area contributed by atoms with Gasteiger partial charge in [-0.05, 0) is 37.0 Å². The van der Waals surface area contributed by atoms with Crippen LogP contribution in [0.25, 0.3) is 0 Å². The summed E-state index contributed by atoms with van der Waals surface area (Å²) in [4.78, 5) is 12.0. The van der Waals surface area contributed by atoms with Gasteiger partial charge in [0.15, 0.2) is 0 Å². The number of carboxylic acids is 1. The molecule has 2 rings (SSSR count). The first kappa shape index (κ1) is 15.8. The van der Waals surface area contributed by atoms with Gasteiger partial charge in [-0.2, -0.15) is 0 Å². The van der Waals surface area contributed by atoms with Crippen LogP contribution in [-0.4, -0.2) is 35.9 Å². The maximum atomic E-state index is 12.0. The van der Waals surface area contributed by atoms with Crippen molar-refractivity contribution < 1.29 is 14.6 Å². The van der Waals surface area contributed by atoms with Crippen molar-refractivity contribution in [1.82, 2.24) is 5.32 Å². The summed E-state index contributed by atoms with van der Waals surface area (Å²) in [5, 5.41) is 13.3. The van der Waals surface area contributed by atoms with Crippen LogP contribution in [0.4, 0.5) is 0 Å². The molecular weight excluding hydrogens is 254 g/mol. The van der Waals surface area contributed by atoms with Crippen molar-refractivity contribution in [3.8, 4) is 0 Å². The summed E-state index contributed by atoms with van der Waals surface area (Å²) in [5.74, 6) is -0.516. The monoisotopic (exact) mass is 283 g/mol. The van der Waals surface area contributed by atoms with Gasteiger partial charge in [0.05, 0.1) is 6.10 Å². The number of carbonyl (C=O) groups is 1. The van der Waals surface area contributed by atoms with Crippen LogP contribution in [0, 0.1) is 11.3 Å². The highest BCUT2D eigenvalue weighted by atomic mass is 16.5. The van der Waals surface area contributed by atoms with Crippen molar-refractivity contribution in [1.29, 1.82) is 0 Å². The fraction of sp³-hybridized carbons (Fsp3) is 0.938. The lowest BCUT2D eigenvalue weighted by Gasteiger charge is -2.48. The average molecular weight is 283 g/mol. The molecule has 4 nitrogen and oxygen atoms in total. The fourth-order valence-electron chi connectivity index (χ4n) is 3.99. The van der Waals surface area contributed by atoms with E-state index < -0.39 is 11.5 Å². The Morgan fingerprint density at radius 3 is 2.60 bits per heavy atom. The third-order valence-electron chi connectivity index (χ3n) is 5.00. The number of rotatable bonds is 4. The lowest BCUT2D eigenvalue weighted by molar-refractivity contribution is -0.152. The number of carboxylic acid groups (broad SMARTS) is 1. The molecule has 4 heteroatoms. The van der Waals surface area contributed by atoms with Gasteiger partial charge in [0, 0.05) is 13.2 Å². The molecule has 2 N–H and O–H groups in total. The van der Waals surface area contributed by atoms with E-state index in [-0.39, 0.29) is 17.4 Å². The molecule has 1 aliphatic heterocycles. The summed E-state index contributed by atoms with van der Waals surface area (Å²) in [6, 6.07) is 0. The minimum absolute atomic E-state index is 0.00232. The Labute approximate surface area is 122 Å². The second kappa shape index (κ2) is 6.02. The van der Waals surface area contributed by atoms with Gasteiger partial charge in [0.2, 0.25) is 0 Å². The van der Waals surface area contributed by atoms with Crippen molar-refractivity contribution in [2.24, 2.45) is 11.3 Å². The molecule has 1 saturated carbocycles. The van der Waals surface area contributed by atoms with Crippen LogP contribution in [0.2, 0.25) is 0 Å². The molecule has 1 saturated heterocycles. The number of nitrogens with one attached hydrogen (secondary N) is 1. The highest BCUT2D eigenvalue weighted by Crippen LogP contribution is 2.44. The zero-order chi connectivity index (χ0) is 14.8. The Bertz CT molecular complexity index is 344. The molecule has 3 unspecified atom stereocenters. The maximum absolute atomic E-state index is 12.0. The van der Waals surface area contributed by atoms with Crippen LogP contribution in [0.1, 0.15) is 59.3 Å². The highest BCUT2D eigenvalue weighted by Gasteiger charge is 2.51. The summed E-state index contributed by atoms with van der Waals surface area (Å²) >= 11 is 0. The van der Waals surface area contributed by atoms with Crippen molar-refractivity contribution >= 4 is 5.97 Å². The topological polar surface area (TPSA) is 58.6 Å². The van der Waals surface area contributed by atoms with Gasteiger partial charge in [-0.15, -0.1) is 0 Å². The maximum Gasteiger partial charge on any atom is 0.324 e. The molecular formula is C16H29NO3. The van der Waals surface area contributed by atoms with Crippen molar-refractivity contribution in [2.75, 3.05) is 13.2 Å². The van der Waals surface area contributed by atoms with E-state index in [1.54, 1.807) is 0 Å². The van der Waals surface area contributed by atoms with Crippen LogP contribution in [0.15, 0.2) is 0 Å². The van der Waals surface area contributed by atoms with E-state index in [2.05, 4.69) is 26.1 Å². The van der Waals surface area contributed by atoms with E-state index in [4.69, 9.17) is 4.74 Å². The second-order valence-electron chi connectivity index (χ2n) is 7.46. The number of hydrogen-bond donors (Lipinski definition) is 2. The van der Waals surface area contributed by atoms with E-state index >= 15 is 0 Å². The Morgan fingerprint density at radius 1 is 1.30 bits per heavy atom. The molecule has 0 aromatic rings. The quantitative estimate of drug-likeness (QED) is 0.833. The molecule has 0 radical (unpaired) electrons. The summed E-state index contributed by atoms with van der Waals surface area (Å²) in [7, 11) is 0. The van der Waals surface area contributed by atoms with Gasteiger partial charge in [0.1, 0.15) is 5.54 Å². The fourth-order valence-corrected chi connectivity index (χ4v) is 3.99. The van der Waals surface area contributed by atoms with Crippen molar-refractivity contribution in [2.45, 2.75) is 70.9 Å². The standard InChI is InChI=1S/C16H29NO3/c1-15(2,3)13-8-4-5-9-16(13,14(18)19)17-11-12-7-6-10-20-12/h12-13,17H,4-11H2,1-3H3,(H,18,19). The lowest BCUT2D eigenvalue weighted by atomic mass is 9.62. The Hall–Kier alpha value is -0.610. The van der Waals surface area contributed by atoms with Crippen LogP contribution in [0.3, 0.4) is 0 Å². The zero-order valence-corrected chi connectivity index (χ0v) is 13.1. The first-order chi connectivity index (χ1) is 9.36. The third kappa shape index (κ3) is 3.17. The molecule has 20 heavy (non-hydrogen) atoms. The molecule has 1 aliphatic carbocycles. The van der Waals surface area contributed by atoms with Crippen LogP contribution >= 0.6 is 0 Å². The van der Waals surface area contributed by atoms with Crippen LogP contribution in [0.5, 0.6) is 0 Å². The van der Waals surface area contributed by atoms with E-state index in [0.717, 1.165) is 45.1 Å². The van der Waals surface area contributed by atoms with Gasteiger partial charge >= 0.3 is 5.97 Å². The van der Waals surface area contributed by atoms with Gasteiger partial charge in [-0.1, -0.05) is 33.6 Å². The summed E-state index contributed by atoms with van der Waals surface area (Å²) in [5.41, 5.74) is -0.773. The molecule has 1 heterocycles. The summed E-state index contributed by atoms with van der Waals surface area (Å²) < 4.78 is 5.63.